The molecular weight excluding hydrogens is 516 g/mol. The van der Waals surface area contributed by atoms with E-state index >= 15 is 0 Å². The van der Waals surface area contributed by atoms with Gasteiger partial charge in [-0.15, -0.1) is 0 Å². The Morgan fingerprint density at radius 3 is 2.12 bits per heavy atom. The first-order valence-corrected chi connectivity index (χ1v) is 12.8. The van der Waals surface area contributed by atoms with E-state index in [1.807, 2.05) is 6.92 Å². The zero-order chi connectivity index (χ0) is 24.7. The second kappa shape index (κ2) is 9.87. The summed E-state index contributed by atoms with van der Waals surface area (Å²) in [6, 6.07) is 9.52. The molecule has 2 fully saturated rings. The number of piperidine rings is 1. The molecule has 1 atom stereocenters. The number of carbonyl (C=O) groups is 2. The van der Waals surface area contributed by atoms with Gasteiger partial charge in [-0.05, 0) is 68.0 Å². The van der Waals surface area contributed by atoms with Gasteiger partial charge in [-0.3, -0.25) is 9.59 Å². The van der Waals surface area contributed by atoms with Crippen LogP contribution in [0.3, 0.4) is 0 Å². The van der Waals surface area contributed by atoms with Gasteiger partial charge < -0.3 is 16.0 Å². The number of nitrogens with zero attached hydrogens (tertiary/aromatic N) is 1. The number of hydrogen-bond donors (Lipinski definition) is 2. The minimum Gasteiger partial charge on any atom is -0.343 e. The molecule has 1 unspecified atom stereocenters. The van der Waals surface area contributed by atoms with Crippen LogP contribution in [0.2, 0.25) is 20.1 Å². The van der Waals surface area contributed by atoms with Crippen LogP contribution in [-0.2, 0) is 21.4 Å². The highest BCUT2D eigenvalue weighted by molar-refractivity contribution is 6.35. The average molecular weight is 543 g/mol. The van der Waals surface area contributed by atoms with Crippen LogP contribution in [0.15, 0.2) is 36.4 Å². The first-order valence-electron chi connectivity index (χ1n) is 11.3. The smallest absolute Gasteiger partial charge is 0.245 e. The molecule has 3 N–H and O–H groups in total. The molecule has 2 aliphatic rings. The summed E-state index contributed by atoms with van der Waals surface area (Å²) in [6.45, 7) is 3.08. The van der Waals surface area contributed by atoms with Crippen molar-refractivity contribution >= 4 is 58.2 Å². The van der Waals surface area contributed by atoms with Gasteiger partial charge in [0.05, 0.1) is 5.41 Å². The molecule has 182 valence electrons. The SMILES string of the molecule is CC1(N)CCN(C(=O)C(Cc2ccc(Cl)cc2Cl)NC(=O)C2(c3ccc(Cl)cc3Cl)CC2)CC1. The molecule has 34 heavy (non-hydrogen) atoms. The van der Waals surface area contributed by atoms with Gasteiger partial charge in [-0.1, -0.05) is 58.5 Å². The third kappa shape index (κ3) is 5.50. The summed E-state index contributed by atoms with van der Waals surface area (Å²) in [7, 11) is 0. The van der Waals surface area contributed by atoms with Crippen LogP contribution in [0.4, 0.5) is 0 Å². The number of amides is 2. The minimum absolute atomic E-state index is 0.145. The Morgan fingerprint density at radius 2 is 1.56 bits per heavy atom. The van der Waals surface area contributed by atoms with E-state index in [1.165, 1.54) is 0 Å². The van der Waals surface area contributed by atoms with Gasteiger partial charge in [-0.2, -0.15) is 0 Å². The van der Waals surface area contributed by atoms with Gasteiger partial charge in [0.2, 0.25) is 11.8 Å². The molecule has 1 saturated carbocycles. The minimum atomic E-state index is -0.781. The fourth-order valence-electron chi connectivity index (χ4n) is 4.48. The van der Waals surface area contributed by atoms with Gasteiger partial charge in [0.15, 0.2) is 0 Å². The lowest BCUT2D eigenvalue weighted by molar-refractivity contribution is -0.138. The Kier molecular flexibility index (Phi) is 7.42. The molecule has 1 saturated heterocycles. The molecule has 2 aromatic carbocycles. The molecule has 2 amide bonds. The number of benzene rings is 2. The maximum absolute atomic E-state index is 13.6. The van der Waals surface area contributed by atoms with E-state index in [0.29, 0.717) is 58.9 Å². The summed E-state index contributed by atoms with van der Waals surface area (Å²) in [6.07, 6.45) is 2.95. The van der Waals surface area contributed by atoms with Crippen molar-refractivity contribution in [3.8, 4) is 0 Å². The van der Waals surface area contributed by atoms with E-state index in [0.717, 1.165) is 11.1 Å². The lowest BCUT2D eigenvalue weighted by atomic mass is 9.90. The highest BCUT2D eigenvalue weighted by Gasteiger charge is 2.53. The van der Waals surface area contributed by atoms with Gasteiger partial charge in [-0.25, -0.2) is 0 Å². The molecule has 0 aromatic heterocycles. The molecule has 9 heteroatoms. The monoisotopic (exact) mass is 541 g/mol. The van der Waals surface area contributed by atoms with E-state index < -0.39 is 11.5 Å². The molecule has 0 radical (unpaired) electrons. The van der Waals surface area contributed by atoms with Crippen LogP contribution in [0, 0.1) is 0 Å². The molecule has 1 aliphatic heterocycles. The Balaban J connectivity index is 1.58. The number of rotatable bonds is 6. The number of halogens is 4. The van der Waals surface area contributed by atoms with Crippen LogP contribution in [0.5, 0.6) is 0 Å². The van der Waals surface area contributed by atoms with E-state index in [4.69, 9.17) is 52.1 Å². The Labute approximate surface area is 219 Å². The first-order chi connectivity index (χ1) is 16.0. The predicted octanol–water partition coefficient (Wildman–Crippen LogP) is 5.40. The predicted molar refractivity (Wildman–Crippen MR) is 138 cm³/mol. The molecule has 1 heterocycles. The van der Waals surface area contributed by atoms with Gasteiger partial charge in [0.1, 0.15) is 6.04 Å². The fourth-order valence-corrected chi connectivity index (χ4v) is 5.56. The number of hydrogen-bond acceptors (Lipinski definition) is 3. The molecule has 0 bridgehead atoms. The second-order valence-corrected chi connectivity index (χ2v) is 11.3. The highest BCUT2D eigenvalue weighted by atomic mass is 35.5. The van der Waals surface area contributed by atoms with Crippen molar-refractivity contribution in [2.24, 2.45) is 5.73 Å². The van der Waals surface area contributed by atoms with Gasteiger partial charge in [0, 0.05) is 45.1 Å². The third-order valence-corrected chi connectivity index (χ3v) is 8.03. The number of nitrogens with two attached hydrogens (primary N) is 1. The maximum atomic E-state index is 13.6. The Bertz CT molecular complexity index is 1110. The van der Waals surface area contributed by atoms with Crippen LogP contribution in [0.25, 0.3) is 0 Å². The zero-order valence-electron chi connectivity index (χ0n) is 18.8. The van der Waals surface area contributed by atoms with E-state index in [-0.39, 0.29) is 23.8 Å². The van der Waals surface area contributed by atoms with Gasteiger partial charge in [0.25, 0.3) is 0 Å². The summed E-state index contributed by atoms with van der Waals surface area (Å²) in [5.41, 5.74) is 6.66. The van der Waals surface area contributed by atoms with Gasteiger partial charge >= 0.3 is 0 Å². The zero-order valence-corrected chi connectivity index (χ0v) is 21.9. The van der Waals surface area contributed by atoms with Crippen molar-refractivity contribution in [3.63, 3.8) is 0 Å². The number of nitrogens with one attached hydrogen (secondary N) is 1. The molecule has 1 aliphatic carbocycles. The van der Waals surface area contributed by atoms with Crippen molar-refractivity contribution in [2.45, 2.75) is 56.0 Å². The van der Waals surface area contributed by atoms with Crippen LogP contribution in [-0.4, -0.2) is 41.4 Å². The van der Waals surface area contributed by atoms with Crippen molar-refractivity contribution in [2.75, 3.05) is 13.1 Å². The van der Waals surface area contributed by atoms with E-state index in [2.05, 4.69) is 5.32 Å². The van der Waals surface area contributed by atoms with Crippen molar-refractivity contribution in [1.29, 1.82) is 0 Å². The average Bonchev–Trinajstić information content (AvgIpc) is 3.56. The lowest BCUT2D eigenvalue weighted by Crippen LogP contribution is -2.56. The quantitative estimate of drug-likeness (QED) is 0.513. The Hall–Kier alpha value is -1.50. The van der Waals surface area contributed by atoms with Crippen molar-refractivity contribution < 1.29 is 9.59 Å². The third-order valence-electron chi connectivity index (χ3n) is 6.89. The molecule has 5 nitrogen and oxygen atoms in total. The molecular formula is C25H27Cl4N3O2. The van der Waals surface area contributed by atoms with E-state index in [9.17, 15) is 9.59 Å². The lowest BCUT2D eigenvalue weighted by Gasteiger charge is -2.38. The Morgan fingerprint density at radius 1 is 0.971 bits per heavy atom. The normalized spacial score (nSPS) is 19.4. The summed E-state index contributed by atoms with van der Waals surface area (Å²) in [5.74, 6) is -0.367. The van der Waals surface area contributed by atoms with Crippen LogP contribution >= 0.6 is 46.4 Å². The van der Waals surface area contributed by atoms with Crippen molar-refractivity contribution in [1.82, 2.24) is 10.2 Å². The standard InChI is InChI=1S/C25H27Cl4N3O2/c1-24(30)8-10-32(11-9-24)22(33)21(12-15-2-3-16(26)13-19(15)28)31-23(34)25(6-7-25)18-5-4-17(27)14-20(18)29/h2-5,13-14,21H,6-12,30H2,1H3,(H,31,34). The largest absolute Gasteiger partial charge is 0.343 e. The highest BCUT2D eigenvalue weighted by Crippen LogP contribution is 2.51. The molecule has 4 rings (SSSR count). The van der Waals surface area contributed by atoms with Crippen LogP contribution in [0.1, 0.15) is 43.7 Å². The van der Waals surface area contributed by atoms with E-state index in [1.54, 1.807) is 41.3 Å². The van der Waals surface area contributed by atoms with Crippen molar-refractivity contribution in [3.05, 3.63) is 67.6 Å². The first kappa shape index (κ1) is 25.6. The summed E-state index contributed by atoms with van der Waals surface area (Å²) < 4.78 is 0. The molecule has 0 spiro atoms. The fraction of sp³-hybridized carbons (Fsp3) is 0.440. The summed E-state index contributed by atoms with van der Waals surface area (Å²) >= 11 is 24.9. The number of likely N-dealkylation sites (tertiary alicyclic amines) is 1. The second-order valence-electron chi connectivity index (χ2n) is 9.65. The van der Waals surface area contributed by atoms with Crippen LogP contribution < -0.4 is 11.1 Å². The maximum Gasteiger partial charge on any atom is 0.245 e. The molecule has 2 aromatic rings. The topological polar surface area (TPSA) is 75.4 Å². The summed E-state index contributed by atoms with van der Waals surface area (Å²) in [5, 5.41) is 4.94. The number of carbonyl (C=O) groups excluding carboxylic acids is 2. The summed E-state index contributed by atoms with van der Waals surface area (Å²) in [4.78, 5) is 28.9.